The van der Waals surface area contributed by atoms with Crippen molar-refractivity contribution in [1.82, 2.24) is 5.32 Å². The smallest absolute Gasteiger partial charge is 0.238 e. The quantitative estimate of drug-likeness (QED) is 0.846. The van der Waals surface area contributed by atoms with Crippen molar-refractivity contribution in [2.45, 2.75) is 23.8 Å². The van der Waals surface area contributed by atoms with Crippen molar-refractivity contribution in [3.8, 4) is 5.75 Å². The molecule has 0 bridgehead atoms. The van der Waals surface area contributed by atoms with Gasteiger partial charge in [-0.1, -0.05) is 0 Å². The summed E-state index contributed by atoms with van der Waals surface area (Å²) in [6, 6.07) is 3.41. The molecule has 0 saturated carbocycles. The fourth-order valence-electron chi connectivity index (χ4n) is 1.85. The van der Waals surface area contributed by atoms with Gasteiger partial charge in [-0.25, -0.2) is 17.9 Å². The van der Waals surface area contributed by atoms with Crippen LogP contribution in [-0.2, 0) is 10.0 Å². The summed E-state index contributed by atoms with van der Waals surface area (Å²) in [5, 5.41) is 8.06. The maximum atomic E-state index is 13.7. The van der Waals surface area contributed by atoms with E-state index in [0.29, 0.717) is 6.54 Å². The minimum absolute atomic E-state index is 0.0519. The Bertz CT molecular complexity index is 527. The summed E-state index contributed by atoms with van der Waals surface area (Å²) in [7, 11) is -3.88. The van der Waals surface area contributed by atoms with E-state index < -0.39 is 15.8 Å². The molecule has 3 N–H and O–H groups in total. The Morgan fingerprint density at radius 3 is 2.78 bits per heavy atom. The van der Waals surface area contributed by atoms with Gasteiger partial charge in [0.2, 0.25) is 10.0 Å². The van der Waals surface area contributed by atoms with Gasteiger partial charge in [0, 0.05) is 6.54 Å². The minimum atomic E-state index is -3.88. The van der Waals surface area contributed by atoms with E-state index in [1.807, 2.05) is 0 Å². The number of piperidine rings is 1. The first-order valence-electron chi connectivity index (χ1n) is 5.66. The standard InChI is InChI=1S/C11H15FN2O3S/c12-10-6-9(18(13,15)16)3-4-11(10)17-8-2-1-5-14-7-8/h3-4,6,8,14H,1-2,5,7H2,(H2,13,15,16)/t8-/m0/s1. The van der Waals surface area contributed by atoms with E-state index in [2.05, 4.69) is 5.32 Å². The lowest BCUT2D eigenvalue weighted by Gasteiger charge is -2.24. The highest BCUT2D eigenvalue weighted by Gasteiger charge is 2.18. The molecule has 0 amide bonds. The van der Waals surface area contributed by atoms with Crippen LogP contribution in [-0.4, -0.2) is 27.6 Å². The van der Waals surface area contributed by atoms with E-state index in [1.54, 1.807) is 0 Å². The Balaban J connectivity index is 2.14. The van der Waals surface area contributed by atoms with Gasteiger partial charge in [-0.05, 0) is 37.6 Å². The summed E-state index contributed by atoms with van der Waals surface area (Å²) in [5.74, 6) is -0.664. The number of rotatable bonds is 3. The Labute approximate surface area is 105 Å². The monoisotopic (exact) mass is 274 g/mol. The predicted octanol–water partition coefficient (Wildman–Crippen LogP) is 0.604. The summed E-state index contributed by atoms with van der Waals surface area (Å²) in [6.07, 6.45) is 1.74. The maximum absolute atomic E-state index is 13.7. The van der Waals surface area contributed by atoms with Crippen LogP contribution in [0.1, 0.15) is 12.8 Å². The van der Waals surface area contributed by atoms with E-state index in [1.165, 1.54) is 12.1 Å². The SMILES string of the molecule is NS(=O)(=O)c1ccc(O[C@H]2CCCNC2)c(F)c1. The molecular weight excluding hydrogens is 259 g/mol. The van der Waals surface area contributed by atoms with Crippen molar-refractivity contribution >= 4 is 10.0 Å². The van der Waals surface area contributed by atoms with Crippen molar-refractivity contribution in [3.63, 3.8) is 0 Å². The van der Waals surface area contributed by atoms with E-state index in [0.717, 1.165) is 25.5 Å². The van der Waals surface area contributed by atoms with E-state index in [-0.39, 0.29) is 16.7 Å². The first kappa shape index (κ1) is 13.3. The summed E-state index contributed by atoms with van der Waals surface area (Å²) in [4.78, 5) is -0.255. The minimum Gasteiger partial charge on any atom is -0.486 e. The number of primary sulfonamides is 1. The lowest BCUT2D eigenvalue weighted by molar-refractivity contribution is 0.160. The molecule has 2 rings (SSSR count). The topological polar surface area (TPSA) is 81.4 Å². The number of ether oxygens (including phenoxy) is 1. The third kappa shape index (κ3) is 3.18. The normalized spacial score (nSPS) is 20.7. The third-order valence-electron chi connectivity index (χ3n) is 2.78. The fourth-order valence-corrected chi connectivity index (χ4v) is 2.38. The molecule has 0 aliphatic carbocycles. The molecule has 1 fully saturated rings. The van der Waals surface area contributed by atoms with Crippen molar-refractivity contribution in [2.24, 2.45) is 5.14 Å². The summed E-state index contributed by atoms with van der Waals surface area (Å²) < 4.78 is 41.2. The molecule has 5 nitrogen and oxygen atoms in total. The zero-order valence-corrected chi connectivity index (χ0v) is 10.5. The van der Waals surface area contributed by atoms with Crippen LogP contribution >= 0.6 is 0 Å². The van der Waals surface area contributed by atoms with E-state index >= 15 is 0 Å². The molecule has 1 aliphatic rings. The molecule has 18 heavy (non-hydrogen) atoms. The van der Waals surface area contributed by atoms with Crippen LogP contribution in [0.4, 0.5) is 4.39 Å². The number of hydrogen-bond acceptors (Lipinski definition) is 4. The Morgan fingerprint density at radius 2 is 2.22 bits per heavy atom. The third-order valence-corrected chi connectivity index (χ3v) is 3.69. The molecule has 1 heterocycles. The van der Waals surface area contributed by atoms with Gasteiger partial charge < -0.3 is 10.1 Å². The molecule has 0 spiro atoms. The largest absolute Gasteiger partial charge is 0.486 e. The summed E-state index contributed by atoms with van der Waals surface area (Å²) in [6.45, 7) is 1.60. The van der Waals surface area contributed by atoms with Crippen LogP contribution < -0.4 is 15.2 Å². The average Bonchev–Trinajstić information content (AvgIpc) is 2.32. The molecule has 1 aromatic carbocycles. The van der Waals surface area contributed by atoms with Crippen LogP contribution in [0.25, 0.3) is 0 Å². The van der Waals surface area contributed by atoms with Gasteiger partial charge in [0.25, 0.3) is 0 Å². The van der Waals surface area contributed by atoms with Crippen molar-refractivity contribution in [1.29, 1.82) is 0 Å². The highest BCUT2D eigenvalue weighted by molar-refractivity contribution is 7.89. The molecule has 0 unspecified atom stereocenters. The van der Waals surface area contributed by atoms with Gasteiger partial charge in [0.05, 0.1) is 4.90 Å². The van der Waals surface area contributed by atoms with Gasteiger partial charge in [-0.15, -0.1) is 0 Å². The van der Waals surface area contributed by atoms with Crippen LogP contribution in [0.15, 0.2) is 23.1 Å². The number of nitrogens with one attached hydrogen (secondary N) is 1. The maximum Gasteiger partial charge on any atom is 0.238 e. The highest BCUT2D eigenvalue weighted by Crippen LogP contribution is 2.22. The highest BCUT2D eigenvalue weighted by atomic mass is 32.2. The van der Waals surface area contributed by atoms with Crippen LogP contribution in [0.3, 0.4) is 0 Å². The fraction of sp³-hybridized carbons (Fsp3) is 0.455. The average molecular weight is 274 g/mol. The Hall–Kier alpha value is -1.18. The summed E-state index contributed by atoms with van der Waals surface area (Å²) >= 11 is 0. The van der Waals surface area contributed by atoms with Gasteiger partial charge in [0.15, 0.2) is 11.6 Å². The predicted molar refractivity (Wildman–Crippen MR) is 64.3 cm³/mol. The number of sulfonamides is 1. The second-order valence-electron chi connectivity index (χ2n) is 4.22. The number of hydrogen-bond donors (Lipinski definition) is 2. The second kappa shape index (κ2) is 5.21. The molecule has 7 heteroatoms. The first-order chi connectivity index (χ1) is 8.47. The molecule has 1 aliphatic heterocycles. The van der Waals surface area contributed by atoms with Crippen LogP contribution in [0, 0.1) is 5.82 Å². The first-order valence-corrected chi connectivity index (χ1v) is 7.21. The summed E-state index contributed by atoms with van der Waals surface area (Å²) in [5.41, 5.74) is 0. The lowest BCUT2D eigenvalue weighted by Crippen LogP contribution is -2.37. The van der Waals surface area contributed by atoms with Gasteiger partial charge >= 0.3 is 0 Å². The number of halogens is 1. The molecule has 1 saturated heterocycles. The molecule has 1 aromatic rings. The number of benzene rings is 1. The van der Waals surface area contributed by atoms with E-state index in [9.17, 15) is 12.8 Å². The van der Waals surface area contributed by atoms with Crippen molar-refractivity contribution in [2.75, 3.05) is 13.1 Å². The molecular formula is C11H15FN2O3S. The zero-order valence-electron chi connectivity index (χ0n) is 9.73. The lowest BCUT2D eigenvalue weighted by atomic mass is 10.1. The second-order valence-corrected chi connectivity index (χ2v) is 5.78. The Morgan fingerprint density at radius 1 is 1.44 bits per heavy atom. The van der Waals surface area contributed by atoms with Gasteiger partial charge in [-0.2, -0.15) is 0 Å². The van der Waals surface area contributed by atoms with E-state index in [4.69, 9.17) is 9.88 Å². The van der Waals surface area contributed by atoms with Crippen molar-refractivity contribution < 1.29 is 17.5 Å². The van der Waals surface area contributed by atoms with Crippen molar-refractivity contribution in [3.05, 3.63) is 24.0 Å². The molecule has 100 valence electrons. The molecule has 0 radical (unpaired) electrons. The van der Waals surface area contributed by atoms with Gasteiger partial charge in [0.1, 0.15) is 6.10 Å². The number of nitrogens with two attached hydrogens (primary N) is 1. The zero-order chi connectivity index (χ0) is 13.2. The van der Waals surface area contributed by atoms with Gasteiger partial charge in [-0.3, -0.25) is 0 Å². The molecule has 1 atom stereocenters. The Kier molecular flexibility index (Phi) is 3.84. The molecule has 0 aromatic heterocycles. The van der Waals surface area contributed by atoms with Crippen LogP contribution in [0.2, 0.25) is 0 Å². The van der Waals surface area contributed by atoms with Crippen LogP contribution in [0.5, 0.6) is 5.75 Å².